The van der Waals surface area contributed by atoms with Gasteiger partial charge in [-0.25, -0.2) is 4.79 Å². The van der Waals surface area contributed by atoms with Crippen molar-refractivity contribution in [3.8, 4) is 0 Å². The fourth-order valence-electron chi connectivity index (χ4n) is 3.30. The number of rotatable bonds is 4. The second-order valence-corrected chi connectivity index (χ2v) is 6.93. The summed E-state index contributed by atoms with van der Waals surface area (Å²) >= 11 is 0. The number of nitrogens with one attached hydrogen (secondary N) is 1. The van der Waals surface area contributed by atoms with E-state index in [9.17, 15) is 19.5 Å². The molecule has 5 atom stereocenters. The lowest BCUT2D eigenvalue weighted by atomic mass is 9.74. The van der Waals surface area contributed by atoms with Crippen LogP contribution in [0.3, 0.4) is 0 Å². The molecule has 2 fully saturated rings. The van der Waals surface area contributed by atoms with Crippen LogP contribution in [0.15, 0.2) is 0 Å². The quantitative estimate of drug-likeness (QED) is 0.733. The summed E-state index contributed by atoms with van der Waals surface area (Å²) in [7, 11) is 1.23. The highest BCUT2D eigenvalue weighted by atomic mass is 16.6. The molecule has 8 nitrogen and oxygen atoms in total. The predicted octanol–water partition coefficient (Wildman–Crippen LogP) is 0.788. The van der Waals surface area contributed by atoms with E-state index >= 15 is 0 Å². The smallest absolute Gasteiger partial charge is 0.407 e. The van der Waals surface area contributed by atoms with Gasteiger partial charge >= 0.3 is 18.0 Å². The number of aliphatic carboxylic acids is 1. The summed E-state index contributed by atoms with van der Waals surface area (Å²) < 4.78 is 15.5. The van der Waals surface area contributed by atoms with Gasteiger partial charge in [-0.1, -0.05) is 0 Å². The number of hydrogen-bond acceptors (Lipinski definition) is 6. The molecular formula is C15H23NO7. The first-order valence-electron chi connectivity index (χ1n) is 7.57. The van der Waals surface area contributed by atoms with Crippen molar-refractivity contribution in [2.45, 2.75) is 45.0 Å². The SMILES string of the molecule is COC(=O)C1C2CC(CNC(=O)OC(C)(C)C)C(O2)C1C(=O)O. The number of carboxylic acids is 1. The van der Waals surface area contributed by atoms with Crippen LogP contribution < -0.4 is 5.32 Å². The normalized spacial score (nSPS) is 32.4. The standard InChI is InChI=1S/C15H23NO7/c1-15(2,3)23-14(20)16-6-7-5-8-9(13(19)21-4)10(12(17)18)11(7)22-8/h7-11H,5-6H2,1-4H3,(H,16,20)(H,17,18). The highest BCUT2D eigenvalue weighted by molar-refractivity contribution is 5.83. The van der Waals surface area contributed by atoms with Gasteiger partial charge in [0.15, 0.2) is 0 Å². The summed E-state index contributed by atoms with van der Waals surface area (Å²) in [6.45, 7) is 5.52. The molecule has 2 saturated heterocycles. The molecule has 0 aromatic heterocycles. The van der Waals surface area contributed by atoms with E-state index in [2.05, 4.69) is 10.1 Å². The minimum atomic E-state index is -1.09. The molecule has 2 aliphatic rings. The molecule has 2 heterocycles. The van der Waals surface area contributed by atoms with E-state index in [0.717, 1.165) is 0 Å². The van der Waals surface area contributed by atoms with Crippen molar-refractivity contribution in [1.82, 2.24) is 5.32 Å². The fourth-order valence-corrected chi connectivity index (χ4v) is 3.30. The largest absolute Gasteiger partial charge is 0.481 e. The Balaban J connectivity index is 1.97. The van der Waals surface area contributed by atoms with Crippen LogP contribution >= 0.6 is 0 Å². The first kappa shape index (κ1) is 17.5. The molecule has 2 rings (SSSR count). The maximum atomic E-state index is 11.8. The van der Waals surface area contributed by atoms with Crippen molar-refractivity contribution in [2.24, 2.45) is 17.8 Å². The lowest BCUT2D eigenvalue weighted by Gasteiger charge is -2.29. The summed E-state index contributed by atoms with van der Waals surface area (Å²) in [6.07, 6.45) is -1.16. The molecule has 0 aliphatic carbocycles. The lowest BCUT2D eigenvalue weighted by molar-refractivity contribution is -0.156. The van der Waals surface area contributed by atoms with Gasteiger partial charge in [0.25, 0.3) is 0 Å². The van der Waals surface area contributed by atoms with Gasteiger partial charge in [-0.3, -0.25) is 9.59 Å². The van der Waals surface area contributed by atoms with Crippen LogP contribution in [-0.4, -0.2) is 54.6 Å². The van der Waals surface area contributed by atoms with Crippen molar-refractivity contribution < 1.29 is 33.7 Å². The summed E-state index contributed by atoms with van der Waals surface area (Å²) in [5, 5.41) is 12.0. The summed E-state index contributed by atoms with van der Waals surface area (Å²) in [6, 6.07) is 0. The molecule has 23 heavy (non-hydrogen) atoms. The van der Waals surface area contributed by atoms with Gasteiger partial charge in [0.1, 0.15) is 5.60 Å². The molecule has 0 aromatic rings. The Bertz CT molecular complexity index is 499. The molecule has 2 N–H and O–H groups in total. The molecule has 2 bridgehead atoms. The number of alkyl carbamates (subject to hydrolysis) is 1. The molecule has 5 unspecified atom stereocenters. The van der Waals surface area contributed by atoms with E-state index in [1.54, 1.807) is 20.8 Å². The Labute approximate surface area is 134 Å². The van der Waals surface area contributed by atoms with Crippen LogP contribution in [0, 0.1) is 17.8 Å². The van der Waals surface area contributed by atoms with Crippen LogP contribution in [0.25, 0.3) is 0 Å². The molecule has 0 radical (unpaired) electrons. The number of amides is 1. The zero-order chi connectivity index (χ0) is 17.4. The molecule has 0 aromatic carbocycles. The number of methoxy groups -OCH3 is 1. The number of carbonyl (C=O) groups is 3. The van der Waals surface area contributed by atoms with Crippen molar-refractivity contribution in [2.75, 3.05) is 13.7 Å². The van der Waals surface area contributed by atoms with Crippen LogP contribution in [-0.2, 0) is 23.8 Å². The summed E-state index contributed by atoms with van der Waals surface area (Å²) in [5.74, 6) is -3.57. The van der Waals surface area contributed by atoms with Gasteiger partial charge < -0.3 is 24.6 Å². The number of fused-ring (bicyclic) bond motifs is 2. The van der Waals surface area contributed by atoms with Gasteiger partial charge in [0.05, 0.1) is 31.2 Å². The third-order valence-electron chi connectivity index (χ3n) is 4.14. The Morgan fingerprint density at radius 2 is 1.91 bits per heavy atom. The first-order valence-corrected chi connectivity index (χ1v) is 7.57. The Morgan fingerprint density at radius 1 is 1.26 bits per heavy atom. The fraction of sp³-hybridized carbons (Fsp3) is 0.800. The van der Waals surface area contributed by atoms with Gasteiger partial charge in [-0.15, -0.1) is 0 Å². The van der Waals surface area contributed by atoms with E-state index < -0.39 is 47.7 Å². The molecule has 8 heteroatoms. The zero-order valence-corrected chi connectivity index (χ0v) is 13.7. The number of ether oxygens (including phenoxy) is 3. The van der Waals surface area contributed by atoms with Crippen molar-refractivity contribution >= 4 is 18.0 Å². The third-order valence-corrected chi connectivity index (χ3v) is 4.14. The van der Waals surface area contributed by atoms with Crippen LogP contribution in [0.1, 0.15) is 27.2 Å². The second-order valence-electron chi connectivity index (χ2n) is 6.93. The van der Waals surface area contributed by atoms with Crippen molar-refractivity contribution in [3.63, 3.8) is 0 Å². The van der Waals surface area contributed by atoms with Crippen LogP contribution in [0.5, 0.6) is 0 Å². The van der Waals surface area contributed by atoms with Gasteiger partial charge in [0.2, 0.25) is 0 Å². The molecule has 0 saturated carbocycles. The van der Waals surface area contributed by atoms with E-state index in [-0.39, 0.29) is 12.5 Å². The zero-order valence-electron chi connectivity index (χ0n) is 13.7. The number of esters is 1. The van der Waals surface area contributed by atoms with Crippen LogP contribution in [0.2, 0.25) is 0 Å². The van der Waals surface area contributed by atoms with Crippen molar-refractivity contribution in [3.05, 3.63) is 0 Å². The molecule has 130 valence electrons. The van der Waals surface area contributed by atoms with E-state index in [1.165, 1.54) is 7.11 Å². The summed E-state index contributed by atoms with van der Waals surface area (Å²) in [4.78, 5) is 35.0. The average Bonchev–Trinajstić information content (AvgIpc) is 2.99. The van der Waals surface area contributed by atoms with E-state index in [1.807, 2.05) is 0 Å². The Hall–Kier alpha value is -1.83. The minimum absolute atomic E-state index is 0.172. The Kier molecular flexibility index (Phi) is 4.84. The number of carbonyl (C=O) groups excluding carboxylic acids is 2. The molecular weight excluding hydrogens is 306 g/mol. The molecule has 2 aliphatic heterocycles. The average molecular weight is 329 g/mol. The summed E-state index contributed by atoms with van der Waals surface area (Å²) in [5.41, 5.74) is -0.602. The van der Waals surface area contributed by atoms with Crippen molar-refractivity contribution in [1.29, 1.82) is 0 Å². The van der Waals surface area contributed by atoms with E-state index in [0.29, 0.717) is 6.42 Å². The highest BCUT2D eigenvalue weighted by Crippen LogP contribution is 2.47. The van der Waals surface area contributed by atoms with Gasteiger partial charge in [-0.05, 0) is 27.2 Å². The van der Waals surface area contributed by atoms with Gasteiger partial charge in [-0.2, -0.15) is 0 Å². The third kappa shape index (κ3) is 3.74. The highest BCUT2D eigenvalue weighted by Gasteiger charge is 2.60. The van der Waals surface area contributed by atoms with Crippen LogP contribution in [0.4, 0.5) is 4.79 Å². The van der Waals surface area contributed by atoms with Gasteiger partial charge in [0, 0.05) is 12.5 Å². The lowest BCUT2D eigenvalue weighted by Crippen LogP contribution is -2.46. The minimum Gasteiger partial charge on any atom is -0.481 e. The maximum absolute atomic E-state index is 11.8. The number of carboxylic acid groups (broad SMARTS) is 1. The number of hydrogen-bond donors (Lipinski definition) is 2. The predicted molar refractivity (Wildman–Crippen MR) is 77.6 cm³/mol. The Morgan fingerprint density at radius 3 is 2.43 bits per heavy atom. The first-order chi connectivity index (χ1) is 10.6. The molecule has 1 amide bonds. The second kappa shape index (κ2) is 6.35. The monoisotopic (exact) mass is 329 g/mol. The maximum Gasteiger partial charge on any atom is 0.407 e. The van der Waals surface area contributed by atoms with E-state index in [4.69, 9.17) is 9.47 Å². The topological polar surface area (TPSA) is 111 Å². The molecule has 0 spiro atoms.